The largest absolute Gasteiger partial charge is 0.482 e. The number of nitrogens with one attached hydrogen (secondary N) is 1. The molecule has 4 aliphatic rings. The number of halogens is 3. The van der Waals surface area contributed by atoms with E-state index in [9.17, 15) is 18.0 Å². The zero-order valence-corrected chi connectivity index (χ0v) is 14.7. The number of rotatable bonds is 5. The SMILES string of the molecule is CC1=CN(C23CC(NC(=O)COc4ccc(C(F)(F)F)nc4)(C2)C3)CC=N1. The summed E-state index contributed by atoms with van der Waals surface area (Å²) in [5, 5.41) is 2.99. The summed E-state index contributed by atoms with van der Waals surface area (Å²) in [6, 6.07) is 1.99. The summed E-state index contributed by atoms with van der Waals surface area (Å²) in [7, 11) is 0. The summed E-state index contributed by atoms with van der Waals surface area (Å²) >= 11 is 0. The van der Waals surface area contributed by atoms with E-state index < -0.39 is 11.9 Å². The maximum Gasteiger partial charge on any atom is 0.433 e. The van der Waals surface area contributed by atoms with Crippen LogP contribution in [0.3, 0.4) is 0 Å². The number of carbonyl (C=O) groups excluding carboxylic acids is 1. The highest BCUT2D eigenvalue weighted by Crippen LogP contribution is 2.63. The van der Waals surface area contributed by atoms with Crippen molar-refractivity contribution in [2.45, 2.75) is 43.4 Å². The van der Waals surface area contributed by atoms with Gasteiger partial charge in [0.1, 0.15) is 11.4 Å². The normalized spacial score (nSPS) is 28.7. The maximum absolute atomic E-state index is 12.5. The summed E-state index contributed by atoms with van der Waals surface area (Å²) in [4.78, 5) is 22.0. The zero-order valence-electron chi connectivity index (χ0n) is 14.7. The van der Waals surface area contributed by atoms with Crippen LogP contribution >= 0.6 is 0 Å². The van der Waals surface area contributed by atoms with Crippen molar-refractivity contribution in [3.8, 4) is 5.75 Å². The van der Waals surface area contributed by atoms with Gasteiger partial charge in [0, 0.05) is 23.5 Å². The number of pyridine rings is 1. The number of aliphatic imine (C=N–C) groups is 1. The van der Waals surface area contributed by atoms with E-state index in [1.54, 1.807) is 0 Å². The number of nitrogens with zero attached hydrogens (tertiary/aromatic N) is 3. The van der Waals surface area contributed by atoms with Crippen molar-refractivity contribution >= 4 is 12.1 Å². The van der Waals surface area contributed by atoms with Gasteiger partial charge in [-0.3, -0.25) is 9.79 Å². The van der Waals surface area contributed by atoms with E-state index in [2.05, 4.69) is 26.4 Å². The fourth-order valence-electron chi connectivity index (χ4n) is 4.20. The molecule has 3 aliphatic carbocycles. The second kappa shape index (κ2) is 5.97. The predicted molar refractivity (Wildman–Crippen MR) is 91.1 cm³/mol. The van der Waals surface area contributed by atoms with Gasteiger partial charge >= 0.3 is 6.18 Å². The molecule has 0 spiro atoms. The lowest BCUT2D eigenvalue weighted by Gasteiger charge is -2.73. The molecule has 9 heteroatoms. The van der Waals surface area contributed by atoms with E-state index >= 15 is 0 Å². The van der Waals surface area contributed by atoms with Crippen LogP contribution < -0.4 is 10.1 Å². The monoisotopic (exact) mass is 380 g/mol. The Morgan fingerprint density at radius 3 is 2.67 bits per heavy atom. The van der Waals surface area contributed by atoms with Crippen LogP contribution in [-0.4, -0.2) is 46.2 Å². The molecular formula is C18H19F3N4O2. The molecule has 0 radical (unpaired) electrons. The van der Waals surface area contributed by atoms with Crippen molar-refractivity contribution in [2.75, 3.05) is 13.2 Å². The minimum Gasteiger partial charge on any atom is -0.482 e. The summed E-state index contributed by atoms with van der Waals surface area (Å²) in [5.74, 6) is -0.157. The Bertz CT molecular complexity index is 797. The van der Waals surface area contributed by atoms with Crippen LogP contribution in [0.4, 0.5) is 13.2 Å². The third-order valence-corrected chi connectivity index (χ3v) is 5.33. The minimum absolute atomic E-state index is 0.110. The molecule has 1 aromatic heterocycles. The number of amides is 1. The van der Waals surface area contributed by atoms with Crippen molar-refractivity contribution in [2.24, 2.45) is 4.99 Å². The summed E-state index contributed by atoms with van der Waals surface area (Å²) in [6.07, 6.45) is 3.07. The number of carbonyl (C=O) groups is 1. The summed E-state index contributed by atoms with van der Waals surface area (Å²) in [6.45, 7) is 2.49. The molecule has 6 nitrogen and oxygen atoms in total. The highest BCUT2D eigenvalue weighted by molar-refractivity contribution is 5.79. The third-order valence-electron chi connectivity index (χ3n) is 5.33. The second-order valence-corrected chi connectivity index (χ2v) is 7.48. The fourth-order valence-corrected chi connectivity index (χ4v) is 4.20. The van der Waals surface area contributed by atoms with Crippen LogP contribution in [0.25, 0.3) is 0 Å². The van der Waals surface area contributed by atoms with Crippen LogP contribution in [0.2, 0.25) is 0 Å². The van der Waals surface area contributed by atoms with Crippen LogP contribution in [0.5, 0.6) is 5.75 Å². The van der Waals surface area contributed by atoms with Crippen LogP contribution in [0.15, 0.2) is 35.2 Å². The van der Waals surface area contributed by atoms with E-state index in [4.69, 9.17) is 4.74 Å². The first-order valence-corrected chi connectivity index (χ1v) is 8.65. The molecule has 0 unspecified atom stereocenters. The molecule has 0 saturated heterocycles. The number of hydrogen-bond donors (Lipinski definition) is 1. The maximum atomic E-state index is 12.5. The topological polar surface area (TPSA) is 66.8 Å². The molecule has 0 atom stereocenters. The van der Waals surface area contributed by atoms with Gasteiger partial charge in [0.25, 0.3) is 5.91 Å². The van der Waals surface area contributed by atoms with Crippen molar-refractivity contribution < 1.29 is 22.7 Å². The molecular weight excluding hydrogens is 361 g/mol. The molecule has 144 valence electrons. The Morgan fingerprint density at radius 2 is 2.07 bits per heavy atom. The first-order chi connectivity index (χ1) is 12.7. The molecule has 5 rings (SSSR count). The van der Waals surface area contributed by atoms with Crippen LogP contribution in [0, 0.1) is 0 Å². The first-order valence-electron chi connectivity index (χ1n) is 8.65. The molecule has 2 heterocycles. The average Bonchev–Trinajstić information content (AvgIpc) is 2.54. The molecule has 1 amide bonds. The van der Waals surface area contributed by atoms with Crippen LogP contribution in [-0.2, 0) is 11.0 Å². The Labute approximate surface area is 154 Å². The Kier molecular flexibility index (Phi) is 3.94. The fraction of sp³-hybridized carbons (Fsp3) is 0.500. The molecule has 3 saturated carbocycles. The Balaban J connectivity index is 1.24. The standard InChI is InChI=1S/C18H19F3N4O2/c1-12-7-25(5-4-22-12)17-9-16(10-17,11-17)24-15(26)8-27-13-2-3-14(23-6-13)18(19,20)21/h2-4,6-7H,5,8-11H2,1H3,(H,24,26). The molecule has 1 aromatic rings. The van der Waals surface area contributed by atoms with Crippen molar-refractivity contribution in [1.82, 2.24) is 15.2 Å². The van der Waals surface area contributed by atoms with Crippen molar-refractivity contribution in [3.05, 3.63) is 35.9 Å². The van der Waals surface area contributed by atoms with E-state index in [1.807, 2.05) is 13.1 Å². The predicted octanol–water partition coefficient (Wildman–Crippen LogP) is 2.52. The Morgan fingerprint density at radius 1 is 1.33 bits per heavy atom. The number of ether oxygens (including phenoxy) is 1. The van der Waals surface area contributed by atoms with Gasteiger partial charge in [0.15, 0.2) is 6.61 Å². The minimum atomic E-state index is -4.50. The summed E-state index contributed by atoms with van der Waals surface area (Å²) < 4.78 is 42.7. The smallest absolute Gasteiger partial charge is 0.433 e. The van der Waals surface area contributed by atoms with E-state index in [1.165, 1.54) is 0 Å². The molecule has 3 fully saturated rings. The van der Waals surface area contributed by atoms with Gasteiger partial charge in [-0.2, -0.15) is 13.2 Å². The molecule has 0 aromatic carbocycles. The number of alkyl halides is 3. The van der Waals surface area contributed by atoms with Gasteiger partial charge in [-0.15, -0.1) is 0 Å². The van der Waals surface area contributed by atoms with E-state index in [0.29, 0.717) is 0 Å². The second-order valence-electron chi connectivity index (χ2n) is 7.48. The Hall–Kier alpha value is -2.58. The molecule has 1 aliphatic heterocycles. The van der Waals surface area contributed by atoms with Gasteiger partial charge in [-0.05, 0) is 38.3 Å². The number of allylic oxidation sites excluding steroid dienone is 1. The van der Waals surface area contributed by atoms with Crippen molar-refractivity contribution in [1.29, 1.82) is 0 Å². The van der Waals surface area contributed by atoms with Gasteiger partial charge in [-0.1, -0.05) is 0 Å². The van der Waals surface area contributed by atoms with Gasteiger partial charge < -0.3 is 15.0 Å². The van der Waals surface area contributed by atoms with Gasteiger partial charge in [-0.25, -0.2) is 4.98 Å². The van der Waals surface area contributed by atoms with E-state index in [0.717, 1.165) is 49.8 Å². The first kappa shape index (κ1) is 17.8. The highest BCUT2D eigenvalue weighted by Gasteiger charge is 2.70. The lowest BCUT2D eigenvalue weighted by atomic mass is 9.43. The number of hydrogen-bond acceptors (Lipinski definition) is 5. The number of aromatic nitrogens is 1. The van der Waals surface area contributed by atoms with Crippen LogP contribution in [0.1, 0.15) is 31.9 Å². The van der Waals surface area contributed by atoms with Crippen molar-refractivity contribution in [3.63, 3.8) is 0 Å². The molecule has 27 heavy (non-hydrogen) atoms. The highest BCUT2D eigenvalue weighted by atomic mass is 19.4. The van der Waals surface area contributed by atoms with Gasteiger partial charge in [0.05, 0.1) is 18.4 Å². The molecule has 2 bridgehead atoms. The summed E-state index contributed by atoms with van der Waals surface area (Å²) in [5.41, 5.74) is -0.0953. The van der Waals surface area contributed by atoms with Gasteiger partial charge in [0.2, 0.25) is 0 Å². The lowest BCUT2D eigenvalue weighted by Crippen LogP contribution is -2.83. The lowest BCUT2D eigenvalue weighted by molar-refractivity contribution is -0.168. The van der Waals surface area contributed by atoms with E-state index in [-0.39, 0.29) is 29.3 Å². The quantitative estimate of drug-likeness (QED) is 0.853. The molecule has 1 N–H and O–H groups in total. The average molecular weight is 380 g/mol. The zero-order chi connectivity index (χ0) is 19.3. The third kappa shape index (κ3) is 3.26.